The van der Waals surface area contributed by atoms with E-state index in [0.717, 1.165) is 16.5 Å². The molecule has 0 spiro atoms. The Labute approximate surface area is 92.3 Å². The summed E-state index contributed by atoms with van der Waals surface area (Å²) in [4.78, 5) is 0. The minimum absolute atomic E-state index is 0.579. The van der Waals surface area contributed by atoms with E-state index < -0.39 is 7.12 Å². The van der Waals surface area contributed by atoms with Crippen molar-refractivity contribution in [2.24, 2.45) is 5.73 Å². The van der Waals surface area contributed by atoms with Crippen molar-refractivity contribution in [1.29, 1.82) is 0 Å². The molecule has 0 saturated heterocycles. The monoisotopic (exact) mass is 221 g/mol. The van der Waals surface area contributed by atoms with E-state index in [4.69, 9.17) is 15.8 Å². The van der Waals surface area contributed by atoms with E-state index in [0.29, 0.717) is 11.3 Å². The molecule has 0 saturated carbocycles. The molecule has 0 radical (unpaired) electrons. The van der Waals surface area contributed by atoms with Gasteiger partial charge >= 0.3 is 7.12 Å². The van der Waals surface area contributed by atoms with Crippen molar-refractivity contribution in [3.63, 3.8) is 0 Å². The van der Waals surface area contributed by atoms with Crippen LogP contribution in [0.25, 0.3) is 10.1 Å². The zero-order valence-corrected chi connectivity index (χ0v) is 9.00. The van der Waals surface area contributed by atoms with E-state index >= 15 is 0 Å². The van der Waals surface area contributed by atoms with Crippen LogP contribution < -0.4 is 10.5 Å². The lowest BCUT2D eigenvalue weighted by molar-refractivity contribution is 0.427. The first-order valence-corrected chi connectivity index (χ1v) is 5.61. The lowest BCUT2D eigenvalue weighted by atomic mass is 9.89. The minimum atomic E-state index is -1.37. The number of thiophene rings is 1. The second-order valence-electron chi connectivity index (χ2n) is 3.43. The molecule has 3 nitrogen and oxygen atoms in total. The maximum Gasteiger partial charge on any atom is 0.499 e. The second kappa shape index (κ2) is 4.32. The Morgan fingerprint density at radius 1 is 1.27 bits per heavy atom. The molecule has 5 heteroatoms. The fourth-order valence-corrected chi connectivity index (χ4v) is 2.55. The van der Waals surface area contributed by atoms with Crippen LogP contribution in [0.15, 0.2) is 24.3 Å². The van der Waals surface area contributed by atoms with Crippen LogP contribution in [0.2, 0.25) is 0 Å². The standard InChI is InChI=1S/C10H12BNO2S/c12-4-3-7-1-2-8-6-10(11(13)14)15-9(8)5-7/h1-2,5-6,13-14H,3-4,12H2. The number of nitrogens with two attached hydrogens (primary N) is 1. The van der Waals surface area contributed by atoms with Gasteiger partial charge in [-0.1, -0.05) is 12.1 Å². The quantitative estimate of drug-likeness (QED) is 0.643. The Kier molecular flexibility index (Phi) is 3.07. The van der Waals surface area contributed by atoms with Crippen molar-refractivity contribution in [1.82, 2.24) is 0 Å². The molecule has 0 bridgehead atoms. The Morgan fingerprint density at radius 2 is 2.07 bits per heavy atom. The van der Waals surface area contributed by atoms with Crippen LogP contribution in [0.3, 0.4) is 0 Å². The third kappa shape index (κ3) is 2.21. The van der Waals surface area contributed by atoms with Crippen LogP contribution in [0.1, 0.15) is 5.56 Å². The van der Waals surface area contributed by atoms with Gasteiger partial charge in [-0.3, -0.25) is 0 Å². The molecule has 1 aromatic carbocycles. The topological polar surface area (TPSA) is 66.5 Å². The minimum Gasteiger partial charge on any atom is -0.423 e. The summed E-state index contributed by atoms with van der Waals surface area (Å²) in [6.45, 7) is 0.631. The summed E-state index contributed by atoms with van der Waals surface area (Å²) < 4.78 is 1.65. The van der Waals surface area contributed by atoms with Gasteiger partial charge in [-0.05, 0) is 36.0 Å². The van der Waals surface area contributed by atoms with Crippen LogP contribution in [0, 0.1) is 0 Å². The summed E-state index contributed by atoms with van der Waals surface area (Å²) >= 11 is 1.40. The first-order chi connectivity index (χ1) is 7.20. The molecule has 0 amide bonds. The average Bonchev–Trinajstić information content (AvgIpc) is 2.61. The Hall–Kier alpha value is -0.875. The zero-order valence-electron chi connectivity index (χ0n) is 8.18. The van der Waals surface area contributed by atoms with Crippen molar-refractivity contribution in [2.45, 2.75) is 6.42 Å². The third-order valence-corrected chi connectivity index (χ3v) is 3.43. The van der Waals surface area contributed by atoms with E-state index in [1.807, 2.05) is 12.1 Å². The highest BCUT2D eigenvalue weighted by Gasteiger charge is 2.14. The van der Waals surface area contributed by atoms with Crippen LogP contribution >= 0.6 is 11.3 Å². The predicted octanol–water partition coefficient (Wildman–Crippen LogP) is 0.0823. The summed E-state index contributed by atoms with van der Waals surface area (Å²) in [7, 11) is -1.37. The highest BCUT2D eigenvalue weighted by molar-refractivity contribution is 7.27. The van der Waals surface area contributed by atoms with E-state index in [1.165, 1.54) is 16.9 Å². The molecule has 0 fully saturated rings. The predicted molar refractivity (Wildman–Crippen MR) is 64.4 cm³/mol. The van der Waals surface area contributed by atoms with Crippen molar-refractivity contribution in [3.8, 4) is 0 Å². The van der Waals surface area contributed by atoms with E-state index in [-0.39, 0.29) is 0 Å². The molecule has 1 aromatic heterocycles. The maximum absolute atomic E-state index is 9.04. The van der Waals surface area contributed by atoms with Gasteiger partial charge in [0.05, 0.1) is 0 Å². The molecule has 15 heavy (non-hydrogen) atoms. The van der Waals surface area contributed by atoms with Crippen LogP contribution in [-0.4, -0.2) is 23.7 Å². The molecule has 0 aliphatic heterocycles. The molecule has 0 aliphatic rings. The van der Waals surface area contributed by atoms with E-state index in [9.17, 15) is 0 Å². The largest absolute Gasteiger partial charge is 0.499 e. The van der Waals surface area contributed by atoms with Gasteiger partial charge in [0.2, 0.25) is 0 Å². The van der Waals surface area contributed by atoms with Gasteiger partial charge < -0.3 is 15.8 Å². The third-order valence-electron chi connectivity index (χ3n) is 2.29. The second-order valence-corrected chi connectivity index (χ2v) is 4.55. The molecule has 1 heterocycles. The molecule has 78 valence electrons. The molecule has 0 aliphatic carbocycles. The van der Waals surface area contributed by atoms with Gasteiger partial charge in [0.25, 0.3) is 0 Å². The summed E-state index contributed by atoms with van der Waals surface area (Å²) in [5, 5.41) is 19.1. The van der Waals surface area contributed by atoms with Gasteiger partial charge in [0, 0.05) is 9.48 Å². The first-order valence-electron chi connectivity index (χ1n) is 4.79. The van der Waals surface area contributed by atoms with E-state index in [2.05, 4.69) is 6.07 Å². The highest BCUT2D eigenvalue weighted by atomic mass is 32.1. The zero-order chi connectivity index (χ0) is 10.8. The fourth-order valence-electron chi connectivity index (χ4n) is 1.55. The Morgan fingerprint density at radius 3 is 2.73 bits per heavy atom. The fraction of sp³-hybridized carbons (Fsp3) is 0.200. The number of fused-ring (bicyclic) bond motifs is 1. The molecule has 4 N–H and O–H groups in total. The van der Waals surface area contributed by atoms with Gasteiger partial charge in [-0.15, -0.1) is 11.3 Å². The van der Waals surface area contributed by atoms with Crippen LogP contribution in [0.5, 0.6) is 0 Å². The molecular weight excluding hydrogens is 209 g/mol. The first kappa shape index (κ1) is 10.6. The summed E-state index contributed by atoms with van der Waals surface area (Å²) in [5.41, 5.74) is 6.67. The smallest absolute Gasteiger partial charge is 0.423 e. The van der Waals surface area contributed by atoms with Crippen molar-refractivity contribution >= 4 is 33.3 Å². The van der Waals surface area contributed by atoms with Gasteiger partial charge in [0.15, 0.2) is 0 Å². The molecule has 0 unspecified atom stereocenters. The number of hydrogen-bond donors (Lipinski definition) is 3. The summed E-state index contributed by atoms with van der Waals surface area (Å²) in [5.74, 6) is 0. The summed E-state index contributed by atoms with van der Waals surface area (Å²) in [6, 6.07) is 7.87. The molecule has 0 atom stereocenters. The average molecular weight is 221 g/mol. The molecule has 2 rings (SSSR count). The van der Waals surface area contributed by atoms with Gasteiger partial charge in [-0.2, -0.15) is 0 Å². The molecular formula is C10H12BNO2S. The SMILES string of the molecule is NCCc1ccc2cc(B(O)O)sc2c1. The number of rotatable bonds is 3. The van der Waals surface area contributed by atoms with Crippen molar-refractivity contribution in [2.75, 3.05) is 6.54 Å². The van der Waals surface area contributed by atoms with Crippen molar-refractivity contribution in [3.05, 3.63) is 29.8 Å². The summed E-state index contributed by atoms with van der Waals surface area (Å²) in [6.07, 6.45) is 0.852. The Balaban J connectivity index is 2.43. The molecule has 2 aromatic rings. The highest BCUT2D eigenvalue weighted by Crippen LogP contribution is 2.20. The van der Waals surface area contributed by atoms with E-state index in [1.54, 1.807) is 6.07 Å². The number of benzene rings is 1. The Bertz CT molecular complexity index is 469. The van der Waals surface area contributed by atoms with Crippen molar-refractivity contribution < 1.29 is 10.0 Å². The normalized spacial score (nSPS) is 10.9. The van der Waals surface area contributed by atoms with Gasteiger partial charge in [0.1, 0.15) is 0 Å². The lowest BCUT2D eigenvalue weighted by Crippen LogP contribution is -2.26. The number of hydrogen-bond acceptors (Lipinski definition) is 4. The lowest BCUT2D eigenvalue weighted by Gasteiger charge is -1.97. The van der Waals surface area contributed by atoms with Crippen LogP contribution in [0.4, 0.5) is 0 Å². The van der Waals surface area contributed by atoms with Crippen LogP contribution in [-0.2, 0) is 6.42 Å². The maximum atomic E-state index is 9.04. The van der Waals surface area contributed by atoms with Gasteiger partial charge in [-0.25, -0.2) is 0 Å².